The van der Waals surface area contributed by atoms with Crippen molar-refractivity contribution >= 4 is 65.4 Å². The molecule has 0 atom stereocenters. The summed E-state index contributed by atoms with van der Waals surface area (Å²) < 4.78 is 13.1. The molecule has 0 aliphatic heterocycles. The molecule has 0 amide bonds. The third-order valence-electron chi connectivity index (χ3n) is 9.95. The maximum absolute atomic E-state index is 6.67. The molecule has 0 unspecified atom stereocenters. The van der Waals surface area contributed by atoms with Crippen LogP contribution in [0, 0.1) is 0 Å². The van der Waals surface area contributed by atoms with Gasteiger partial charge in [0, 0.05) is 27.6 Å². The van der Waals surface area contributed by atoms with Crippen LogP contribution < -0.4 is 0 Å². The summed E-state index contributed by atoms with van der Waals surface area (Å²) >= 11 is 0. The third-order valence-corrected chi connectivity index (χ3v) is 9.95. The number of fused-ring (bicyclic) bond motifs is 9. The zero-order valence-corrected chi connectivity index (χ0v) is 27.6. The Morgan fingerprint density at radius 1 is 0.365 bits per heavy atom. The van der Waals surface area contributed by atoms with E-state index in [1.807, 2.05) is 78.9 Å². The molecule has 3 aromatic heterocycles. The van der Waals surface area contributed by atoms with Gasteiger partial charge in [-0.3, -0.25) is 0 Å². The fraction of sp³-hybridized carbons (Fsp3) is 0. The van der Waals surface area contributed by atoms with Crippen LogP contribution in [-0.4, -0.2) is 19.9 Å². The zero-order valence-electron chi connectivity index (χ0n) is 27.6. The number of rotatable bonds is 4. The van der Waals surface area contributed by atoms with Crippen LogP contribution in [0.15, 0.2) is 167 Å². The van der Waals surface area contributed by atoms with Gasteiger partial charge in [-0.2, -0.15) is 0 Å². The molecule has 11 aromatic rings. The van der Waals surface area contributed by atoms with E-state index in [4.69, 9.17) is 28.8 Å². The average Bonchev–Trinajstić information content (AvgIpc) is 3.82. The Morgan fingerprint density at radius 3 is 1.77 bits per heavy atom. The number of nitrogens with zero attached hydrogens (tertiary/aromatic N) is 4. The number of oxazole rings is 1. The molecule has 0 aliphatic rings. The topological polar surface area (TPSA) is 77.8 Å². The van der Waals surface area contributed by atoms with Crippen LogP contribution in [0.1, 0.15) is 0 Å². The van der Waals surface area contributed by atoms with Crippen molar-refractivity contribution in [2.45, 2.75) is 0 Å². The minimum Gasteiger partial charge on any atom is -0.456 e. The molecule has 52 heavy (non-hydrogen) atoms. The van der Waals surface area contributed by atoms with Gasteiger partial charge in [-0.1, -0.05) is 127 Å². The van der Waals surface area contributed by atoms with Crippen molar-refractivity contribution in [3.8, 4) is 45.6 Å². The van der Waals surface area contributed by atoms with Crippen LogP contribution in [0.2, 0.25) is 0 Å². The van der Waals surface area contributed by atoms with E-state index in [1.165, 1.54) is 0 Å². The van der Waals surface area contributed by atoms with Gasteiger partial charge in [0.15, 0.2) is 23.1 Å². The number of hydrogen-bond donors (Lipinski definition) is 0. The highest BCUT2D eigenvalue weighted by Crippen LogP contribution is 2.42. The van der Waals surface area contributed by atoms with Gasteiger partial charge in [0.05, 0.1) is 5.39 Å². The summed E-state index contributed by atoms with van der Waals surface area (Å²) in [6, 6.07) is 53.6. The first kappa shape index (κ1) is 28.6. The van der Waals surface area contributed by atoms with E-state index >= 15 is 0 Å². The van der Waals surface area contributed by atoms with E-state index in [2.05, 4.69) is 78.9 Å². The molecule has 0 aliphatic carbocycles. The quantitative estimate of drug-likeness (QED) is 0.186. The first-order chi connectivity index (χ1) is 25.7. The molecule has 0 bridgehead atoms. The number of benzene rings is 8. The van der Waals surface area contributed by atoms with E-state index in [0.717, 1.165) is 82.0 Å². The average molecular weight is 667 g/mol. The molecule has 242 valence electrons. The summed E-state index contributed by atoms with van der Waals surface area (Å²) in [5, 5.41) is 8.38. The minimum atomic E-state index is 0.578. The maximum Gasteiger partial charge on any atom is 0.227 e. The molecule has 3 heterocycles. The van der Waals surface area contributed by atoms with Gasteiger partial charge in [0.2, 0.25) is 5.89 Å². The van der Waals surface area contributed by atoms with E-state index in [1.54, 1.807) is 0 Å². The fourth-order valence-electron chi connectivity index (χ4n) is 7.49. The number of furan rings is 1. The van der Waals surface area contributed by atoms with Gasteiger partial charge < -0.3 is 8.83 Å². The predicted octanol–water partition coefficient (Wildman–Crippen LogP) is 12.0. The molecule has 0 saturated heterocycles. The molecule has 0 radical (unpaired) electrons. The molecular formula is C46H26N4O2. The molecule has 0 N–H and O–H groups in total. The van der Waals surface area contributed by atoms with E-state index in [0.29, 0.717) is 28.9 Å². The number of hydrogen-bond acceptors (Lipinski definition) is 6. The Morgan fingerprint density at radius 2 is 0.962 bits per heavy atom. The molecule has 0 fully saturated rings. The van der Waals surface area contributed by atoms with Crippen LogP contribution in [0.25, 0.3) is 111 Å². The smallest absolute Gasteiger partial charge is 0.227 e. The molecule has 0 spiro atoms. The van der Waals surface area contributed by atoms with Crippen molar-refractivity contribution < 1.29 is 8.83 Å². The first-order valence-corrected chi connectivity index (χ1v) is 17.2. The maximum atomic E-state index is 6.67. The van der Waals surface area contributed by atoms with Crippen LogP contribution in [0.3, 0.4) is 0 Å². The standard InChI is InChI=1S/C46H26N4O2/c1-2-12-30(13-3-1)43-48-44(50-45(49-43)34-18-8-14-27-10-4-6-16-32(27)34)31-21-20-29-22-24-38-40(36(29)26-31)41-39(51-38)25-23-37-42(41)52-46(47-37)35-19-9-15-28-11-5-7-17-33(28)35/h1-26H. The Labute approximate surface area is 296 Å². The van der Waals surface area contributed by atoms with Crippen LogP contribution in [0.5, 0.6) is 0 Å². The van der Waals surface area contributed by atoms with Gasteiger partial charge in [-0.25, -0.2) is 19.9 Å². The second-order valence-corrected chi connectivity index (χ2v) is 13.0. The molecule has 6 heteroatoms. The Hall–Kier alpha value is -7.18. The second-order valence-electron chi connectivity index (χ2n) is 13.0. The number of aromatic nitrogens is 4. The lowest BCUT2D eigenvalue weighted by Gasteiger charge is -2.11. The molecule has 11 rings (SSSR count). The summed E-state index contributed by atoms with van der Waals surface area (Å²) in [5.41, 5.74) is 6.69. The Balaban J connectivity index is 1.15. The fourth-order valence-corrected chi connectivity index (χ4v) is 7.49. The van der Waals surface area contributed by atoms with Crippen molar-refractivity contribution in [2.24, 2.45) is 0 Å². The molecule has 8 aromatic carbocycles. The van der Waals surface area contributed by atoms with Crippen molar-refractivity contribution in [1.29, 1.82) is 0 Å². The van der Waals surface area contributed by atoms with Gasteiger partial charge in [0.25, 0.3) is 0 Å². The molecule has 6 nitrogen and oxygen atoms in total. The van der Waals surface area contributed by atoms with Gasteiger partial charge >= 0.3 is 0 Å². The van der Waals surface area contributed by atoms with Crippen LogP contribution in [0.4, 0.5) is 0 Å². The highest BCUT2D eigenvalue weighted by molar-refractivity contribution is 6.25. The van der Waals surface area contributed by atoms with E-state index < -0.39 is 0 Å². The summed E-state index contributed by atoms with van der Waals surface area (Å²) in [7, 11) is 0. The third kappa shape index (κ3) is 4.44. The summed E-state index contributed by atoms with van der Waals surface area (Å²) in [5.74, 6) is 2.41. The summed E-state index contributed by atoms with van der Waals surface area (Å²) in [6.45, 7) is 0. The van der Waals surface area contributed by atoms with Crippen LogP contribution >= 0.6 is 0 Å². The largest absolute Gasteiger partial charge is 0.456 e. The Bertz CT molecular complexity index is 3190. The SMILES string of the molecule is c1ccc(-c2nc(-c3ccc4ccc5oc6ccc7nc(-c8cccc9ccccc89)oc7c6c5c4c3)nc(-c3cccc4ccccc34)n2)cc1. The lowest BCUT2D eigenvalue weighted by atomic mass is 10.0. The van der Waals surface area contributed by atoms with E-state index in [9.17, 15) is 0 Å². The second kappa shape index (κ2) is 11.2. The highest BCUT2D eigenvalue weighted by atomic mass is 16.4. The lowest BCUT2D eigenvalue weighted by molar-refractivity contribution is 0.623. The normalized spacial score (nSPS) is 11.8. The van der Waals surface area contributed by atoms with Gasteiger partial charge in [-0.05, 0) is 62.6 Å². The predicted molar refractivity (Wildman–Crippen MR) is 209 cm³/mol. The summed E-state index contributed by atoms with van der Waals surface area (Å²) in [6.07, 6.45) is 0. The van der Waals surface area contributed by atoms with Crippen molar-refractivity contribution in [1.82, 2.24) is 19.9 Å². The Kier molecular flexibility index (Phi) is 6.15. The summed E-state index contributed by atoms with van der Waals surface area (Å²) in [4.78, 5) is 20.2. The lowest BCUT2D eigenvalue weighted by Crippen LogP contribution is -2.00. The van der Waals surface area contributed by atoms with E-state index in [-0.39, 0.29) is 0 Å². The van der Waals surface area contributed by atoms with Crippen LogP contribution in [-0.2, 0) is 0 Å². The molecular weight excluding hydrogens is 641 g/mol. The van der Waals surface area contributed by atoms with Gasteiger partial charge in [-0.15, -0.1) is 0 Å². The zero-order chi connectivity index (χ0) is 34.2. The monoisotopic (exact) mass is 666 g/mol. The first-order valence-electron chi connectivity index (χ1n) is 17.2. The highest BCUT2D eigenvalue weighted by Gasteiger charge is 2.20. The minimum absolute atomic E-state index is 0.578. The van der Waals surface area contributed by atoms with Crippen molar-refractivity contribution in [2.75, 3.05) is 0 Å². The van der Waals surface area contributed by atoms with Crippen molar-refractivity contribution in [3.63, 3.8) is 0 Å². The van der Waals surface area contributed by atoms with Gasteiger partial charge in [0.1, 0.15) is 16.7 Å². The van der Waals surface area contributed by atoms with Crippen molar-refractivity contribution in [3.05, 3.63) is 158 Å². The molecule has 0 saturated carbocycles.